The number of hydrogen-bond acceptors (Lipinski definition) is 5. The molecule has 7 nitrogen and oxygen atoms in total. The normalized spacial score (nSPS) is 18.8. The molecule has 184 valence electrons. The van der Waals surface area contributed by atoms with Gasteiger partial charge in [0.1, 0.15) is 11.6 Å². The van der Waals surface area contributed by atoms with Gasteiger partial charge in [0.25, 0.3) is 0 Å². The van der Waals surface area contributed by atoms with Crippen molar-refractivity contribution in [3.05, 3.63) is 35.9 Å². The van der Waals surface area contributed by atoms with Crippen LogP contribution < -0.4 is 15.5 Å². The van der Waals surface area contributed by atoms with Crippen molar-refractivity contribution in [2.24, 2.45) is 5.92 Å². The summed E-state index contributed by atoms with van der Waals surface area (Å²) in [6.45, 7) is 5.27. The molecular formula is C24H30F3N5O2. The number of aromatic nitrogens is 1. The number of aryl methyl sites for hydroxylation is 1. The fourth-order valence-corrected chi connectivity index (χ4v) is 4.48. The Kier molecular flexibility index (Phi) is 7.16. The summed E-state index contributed by atoms with van der Waals surface area (Å²) in [6, 6.07) is 9.24. The number of hydrogen-bond donors (Lipinski definition) is 2. The molecule has 2 saturated heterocycles. The van der Waals surface area contributed by atoms with E-state index in [2.05, 4.69) is 20.5 Å². The zero-order valence-corrected chi connectivity index (χ0v) is 19.4. The number of halogens is 3. The third kappa shape index (κ3) is 5.91. The highest BCUT2D eigenvalue weighted by molar-refractivity contribution is 5.91. The molecule has 1 aromatic carbocycles. The van der Waals surface area contributed by atoms with E-state index in [0.717, 1.165) is 41.4 Å². The second-order valence-corrected chi connectivity index (χ2v) is 8.83. The Morgan fingerprint density at radius 2 is 1.94 bits per heavy atom. The summed E-state index contributed by atoms with van der Waals surface area (Å²) in [5, 5.41) is 5.97. The predicted octanol–water partition coefficient (Wildman–Crippen LogP) is 4.74. The third-order valence-electron chi connectivity index (χ3n) is 6.30. The first-order valence-corrected chi connectivity index (χ1v) is 11.5. The lowest BCUT2D eigenvalue weighted by atomic mass is 10.00. The maximum absolute atomic E-state index is 12.7. The van der Waals surface area contributed by atoms with Crippen LogP contribution in [-0.4, -0.2) is 68.5 Å². The first kappa shape index (κ1) is 24.1. The van der Waals surface area contributed by atoms with Crippen LogP contribution in [0.2, 0.25) is 0 Å². The maximum Gasteiger partial charge on any atom is 0.389 e. The molecule has 0 bridgehead atoms. The smallest absolute Gasteiger partial charge is 0.378 e. The van der Waals surface area contributed by atoms with E-state index in [1.807, 2.05) is 44.3 Å². The van der Waals surface area contributed by atoms with Gasteiger partial charge in [-0.15, -0.1) is 0 Å². The minimum absolute atomic E-state index is 0.114. The molecule has 2 fully saturated rings. The van der Waals surface area contributed by atoms with Crippen molar-refractivity contribution >= 4 is 23.4 Å². The van der Waals surface area contributed by atoms with Crippen molar-refractivity contribution < 1.29 is 22.7 Å². The average Bonchev–Trinajstić information content (AvgIpc) is 3.27. The Morgan fingerprint density at radius 1 is 1.18 bits per heavy atom. The van der Waals surface area contributed by atoms with Crippen molar-refractivity contribution in [1.29, 1.82) is 0 Å². The lowest BCUT2D eigenvalue weighted by molar-refractivity contribution is -0.143. The zero-order valence-electron chi connectivity index (χ0n) is 19.4. The molecular weight excluding hydrogens is 447 g/mol. The van der Waals surface area contributed by atoms with Gasteiger partial charge in [-0.2, -0.15) is 13.2 Å². The molecule has 0 radical (unpaired) electrons. The molecule has 0 saturated carbocycles. The fourth-order valence-electron chi connectivity index (χ4n) is 4.48. The number of nitrogens with one attached hydrogen (secondary N) is 2. The lowest BCUT2D eigenvalue weighted by Crippen LogP contribution is -2.36. The number of pyridine rings is 1. The van der Waals surface area contributed by atoms with Gasteiger partial charge in [-0.1, -0.05) is 6.07 Å². The lowest BCUT2D eigenvalue weighted by Gasteiger charge is -2.28. The van der Waals surface area contributed by atoms with Crippen molar-refractivity contribution in [3.63, 3.8) is 0 Å². The Bertz CT molecular complexity index is 1020. The molecule has 1 unspecified atom stereocenters. The second-order valence-electron chi connectivity index (χ2n) is 8.83. The molecule has 0 spiro atoms. The number of carbonyl (C=O) groups excluding carboxylic acids is 1. The van der Waals surface area contributed by atoms with Gasteiger partial charge in [0.15, 0.2) is 0 Å². The number of amides is 2. The van der Waals surface area contributed by atoms with Crippen LogP contribution >= 0.6 is 0 Å². The van der Waals surface area contributed by atoms with E-state index in [9.17, 15) is 18.0 Å². The predicted molar refractivity (Wildman–Crippen MR) is 126 cm³/mol. The number of rotatable bonds is 5. The average molecular weight is 478 g/mol. The summed E-state index contributed by atoms with van der Waals surface area (Å²) in [6.07, 6.45) is -4.70. The van der Waals surface area contributed by atoms with Crippen LogP contribution in [0.15, 0.2) is 30.3 Å². The van der Waals surface area contributed by atoms with E-state index < -0.39 is 18.5 Å². The van der Waals surface area contributed by atoms with Crippen LogP contribution in [0, 0.1) is 12.8 Å². The number of benzene rings is 1. The van der Waals surface area contributed by atoms with Crippen molar-refractivity contribution in [2.75, 3.05) is 62.0 Å². The summed E-state index contributed by atoms with van der Waals surface area (Å²) in [7, 11) is 1.82. The van der Waals surface area contributed by atoms with E-state index in [-0.39, 0.29) is 12.6 Å². The van der Waals surface area contributed by atoms with Crippen LogP contribution in [-0.2, 0) is 4.74 Å². The number of urea groups is 1. The molecule has 2 N–H and O–H groups in total. The van der Waals surface area contributed by atoms with Gasteiger partial charge in [0.2, 0.25) is 0 Å². The first-order chi connectivity index (χ1) is 16.2. The van der Waals surface area contributed by atoms with Gasteiger partial charge in [-0.05, 0) is 60.2 Å². The van der Waals surface area contributed by atoms with Gasteiger partial charge in [-0.25, -0.2) is 9.78 Å². The van der Waals surface area contributed by atoms with Crippen LogP contribution in [0.25, 0.3) is 11.1 Å². The zero-order chi connectivity index (χ0) is 24.3. The molecule has 1 aromatic heterocycles. The Hall–Kier alpha value is -3.01. The standard InChI is InChI=1S/C24H30F3N5O2/c1-16-3-4-19(29-23(33)32-6-5-17(15-32)14-24(25,26)27)13-20(16)18-11-21(28-2)30-22(12-18)31-7-9-34-10-8-31/h3-4,11-13,17H,5-10,14-15H2,1-2H3,(H,28,30)(H,29,33). The van der Waals surface area contributed by atoms with Crippen molar-refractivity contribution in [2.45, 2.75) is 25.9 Å². The molecule has 10 heteroatoms. The summed E-state index contributed by atoms with van der Waals surface area (Å²) >= 11 is 0. The number of carbonyl (C=O) groups is 1. The SMILES string of the molecule is CNc1cc(-c2cc(NC(=O)N3CCC(CC(F)(F)F)C3)ccc2C)cc(N2CCOCC2)n1. The topological polar surface area (TPSA) is 69.7 Å². The van der Waals surface area contributed by atoms with Crippen LogP contribution in [0.1, 0.15) is 18.4 Å². The second kappa shape index (κ2) is 10.1. The molecule has 1 atom stereocenters. The Labute approximate surface area is 197 Å². The Morgan fingerprint density at radius 3 is 2.65 bits per heavy atom. The fraction of sp³-hybridized carbons (Fsp3) is 0.500. The van der Waals surface area contributed by atoms with E-state index in [4.69, 9.17) is 4.74 Å². The minimum Gasteiger partial charge on any atom is -0.378 e. The van der Waals surface area contributed by atoms with Crippen LogP contribution in [0.3, 0.4) is 0 Å². The Balaban J connectivity index is 1.52. The molecule has 2 aliphatic rings. The van der Waals surface area contributed by atoms with Gasteiger partial charge in [-0.3, -0.25) is 0 Å². The third-order valence-corrected chi connectivity index (χ3v) is 6.30. The molecule has 2 amide bonds. The molecule has 0 aliphatic carbocycles. The van der Waals surface area contributed by atoms with Gasteiger partial charge < -0.3 is 25.2 Å². The van der Waals surface area contributed by atoms with Crippen LogP contribution in [0.5, 0.6) is 0 Å². The van der Waals surface area contributed by atoms with Crippen molar-refractivity contribution in [3.8, 4) is 11.1 Å². The first-order valence-electron chi connectivity index (χ1n) is 11.5. The molecule has 3 heterocycles. The highest BCUT2D eigenvalue weighted by atomic mass is 19.4. The monoisotopic (exact) mass is 477 g/mol. The van der Waals surface area contributed by atoms with E-state index in [0.29, 0.717) is 31.9 Å². The maximum atomic E-state index is 12.7. The summed E-state index contributed by atoms with van der Waals surface area (Å²) in [5.74, 6) is 1.04. The van der Waals surface area contributed by atoms with Crippen LogP contribution in [0.4, 0.5) is 35.3 Å². The van der Waals surface area contributed by atoms with Gasteiger partial charge in [0.05, 0.1) is 13.2 Å². The number of alkyl halides is 3. The minimum atomic E-state index is -4.21. The summed E-state index contributed by atoms with van der Waals surface area (Å²) < 4.78 is 43.5. The quantitative estimate of drug-likeness (QED) is 0.651. The van der Waals surface area contributed by atoms with E-state index >= 15 is 0 Å². The highest BCUT2D eigenvalue weighted by Crippen LogP contribution is 2.33. The van der Waals surface area contributed by atoms with Gasteiger partial charge in [0, 0.05) is 45.3 Å². The molecule has 2 aromatic rings. The highest BCUT2D eigenvalue weighted by Gasteiger charge is 2.36. The largest absolute Gasteiger partial charge is 0.389 e. The summed E-state index contributed by atoms with van der Waals surface area (Å²) in [5.41, 5.74) is 3.54. The summed E-state index contributed by atoms with van der Waals surface area (Å²) in [4.78, 5) is 21.0. The van der Waals surface area contributed by atoms with Crippen molar-refractivity contribution in [1.82, 2.24) is 9.88 Å². The number of morpholine rings is 1. The molecule has 2 aliphatic heterocycles. The number of likely N-dealkylation sites (tertiary alicyclic amines) is 1. The van der Waals surface area contributed by atoms with E-state index in [1.54, 1.807) is 0 Å². The van der Waals surface area contributed by atoms with E-state index in [1.165, 1.54) is 4.90 Å². The number of anilines is 3. The number of nitrogens with zero attached hydrogens (tertiary/aromatic N) is 3. The molecule has 34 heavy (non-hydrogen) atoms. The van der Waals surface area contributed by atoms with Gasteiger partial charge >= 0.3 is 12.2 Å². The molecule has 4 rings (SSSR count). The number of ether oxygens (including phenoxy) is 1.